The molecule has 0 spiro atoms. The molecule has 1 aliphatic rings. The van der Waals surface area contributed by atoms with Crippen LogP contribution in [-0.2, 0) is 7.05 Å². The Labute approximate surface area is 167 Å². The molecule has 7 nitrogen and oxygen atoms in total. The average Bonchev–Trinajstić information content (AvgIpc) is 3.16. The van der Waals surface area contributed by atoms with E-state index in [2.05, 4.69) is 15.6 Å². The number of rotatable bonds is 5. The summed E-state index contributed by atoms with van der Waals surface area (Å²) < 4.78 is 27.6. The lowest BCUT2D eigenvalue weighted by atomic mass is 10.1. The van der Waals surface area contributed by atoms with Gasteiger partial charge in [-0.05, 0) is 18.2 Å². The summed E-state index contributed by atoms with van der Waals surface area (Å²) in [6, 6.07) is 12.5. The van der Waals surface area contributed by atoms with Crippen molar-refractivity contribution in [1.29, 1.82) is 0 Å². The van der Waals surface area contributed by atoms with Crippen molar-refractivity contribution in [3.05, 3.63) is 78.1 Å². The molecule has 29 heavy (non-hydrogen) atoms. The van der Waals surface area contributed by atoms with Crippen molar-refractivity contribution in [2.45, 2.75) is 12.1 Å². The second-order valence-electron chi connectivity index (χ2n) is 6.70. The van der Waals surface area contributed by atoms with Gasteiger partial charge >= 0.3 is 6.03 Å². The highest BCUT2D eigenvalue weighted by Gasteiger charge is 2.25. The van der Waals surface area contributed by atoms with Crippen molar-refractivity contribution in [2.24, 2.45) is 7.05 Å². The number of aromatic nitrogens is 2. The van der Waals surface area contributed by atoms with Crippen molar-refractivity contribution in [3.63, 3.8) is 0 Å². The van der Waals surface area contributed by atoms with Gasteiger partial charge in [-0.2, -0.15) is 0 Å². The van der Waals surface area contributed by atoms with Crippen molar-refractivity contribution in [2.75, 3.05) is 13.2 Å². The zero-order valence-corrected chi connectivity index (χ0v) is 15.8. The fourth-order valence-electron chi connectivity index (χ4n) is 3.20. The van der Waals surface area contributed by atoms with Crippen LogP contribution in [0.5, 0.6) is 11.5 Å². The Bertz CT molecular complexity index is 1010. The van der Waals surface area contributed by atoms with Gasteiger partial charge in [-0.25, -0.2) is 14.2 Å². The van der Waals surface area contributed by atoms with Gasteiger partial charge in [0.25, 0.3) is 0 Å². The van der Waals surface area contributed by atoms with Crippen LogP contribution in [0.4, 0.5) is 9.18 Å². The van der Waals surface area contributed by atoms with E-state index in [4.69, 9.17) is 9.47 Å². The number of nitrogens with zero attached hydrogens (tertiary/aromatic N) is 2. The number of halogens is 1. The Balaban J connectivity index is 1.43. The van der Waals surface area contributed by atoms with E-state index in [-0.39, 0.29) is 12.6 Å². The molecule has 0 aliphatic carbocycles. The van der Waals surface area contributed by atoms with E-state index in [0.717, 1.165) is 0 Å². The van der Waals surface area contributed by atoms with Gasteiger partial charge in [-0.15, -0.1) is 0 Å². The minimum Gasteiger partial charge on any atom is -0.486 e. The maximum absolute atomic E-state index is 14.4. The third-order valence-electron chi connectivity index (χ3n) is 4.67. The maximum Gasteiger partial charge on any atom is 0.315 e. The summed E-state index contributed by atoms with van der Waals surface area (Å²) in [6.07, 6.45) is 3.02. The van der Waals surface area contributed by atoms with E-state index in [1.807, 2.05) is 24.3 Å². The molecule has 1 aliphatic heterocycles. The first kappa shape index (κ1) is 18.8. The molecule has 0 fully saturated rings. The van der Waals surface area contributed by atoms with Crippen LogP contribution in [0.25, 0.3) is 0 Å². The minimum absolute atomic E-state index is 0.241. The molecule has 150 valence electrons. The number of hydrogen-bond acceptors (Lipinski definition) is 4. The first-order valence-corrected chi connectivity index (χ1v) is 9.26. The van der Waals surface area contributed by atoms with E-state index >= 15 is 0 Å². The number of urea groups is 1. The Morgan fingerprint density at radius 1 is 1.24 bits per heavy atom. The summed E-state index contributed by atoms with van der Waals surface area (Å²) in [5, 5.41) is 5.58. The third-order valence-corrected chi connectivity index (χ3v) is 4.67. The van der Waals surface area contributed by atoms with Crippen LogP contribution in [-0.4, -0.2) is 34.8 Å². The molecule has 2 N–H and O–H groups in total. The fourth-order valence-corrected chi connectivity index (χ4v) is 3.20. The van der Waals surface area contributed by atoms with E-state index in [0.29, 0.717) is 29.5 Å². The number of ether oxygens (including phenoxy) is 2. The third kappa shape index (κ3) is 4.16. The molecule has 0 saturated carbocycles. The highest BCUT2D eigenvalue weighted by molar-refractivity contribution is 5.75. The number of imidazole rings is 1. The normalized spacial score (nSPS) is 16.1. The quantitative estimate of drug-likeness (QED) is 0.695. The molecule has 2 unspecified atom stereocenters. The smallest absolute Gasteiger partial charge is 0.315 e. The molecule has 4 rings (SSSR count). The van der Waals surface area contributed by atoms with Gasteiger partial charge in [-0.3, -0.25) is 0 Å². The van der Waals surface area contributed by atoms with Gasteiger partial charge < -0.3 is 24.7 Å². The Hall–Kier alpha value is -3.55. The Morgan fingerprint density at radius 2 is 2.00 bits per heavy atom. The van der Waals surface area contributed by atoms with Gasteiger partial charge in [0.2, 0.25) is 0 Å². The lowest BCUT2D eigenvalue weighted by Crippen LogP contribution is -2.45. The van der Waals surface area contributed by atoms with E-state index in [9.17, 15) is 9.18 Å². The van der Waals surface area contributed by atoms with E-state index in [1.54, 1.807) is 42.2 Å². The molecule has 0 bridgehead atoms. The van der Waals surface area contributed by atoms with Gasteiger partial charge in [0.15, 0.2) is 17.6 Å². The predicted octanol–water partition coefficient (Wildman–Crippen LogP) is 2.79. The number of carbonyl (C=O) groups excluding carboxylic acids is 1. The zero-order chi connectivity index (χ0) is 20.2. The highest BCUT2D eigenvalue weighted by Crippen LogP contribution is 2.30. The minimum atomic E-state index is -0.736. The lowest BCUT2D eigenvalue weighted by molar-refractivity contribution is 0.0917. The number of benzene rings is 2. The van der Waals surface area contributed by atoms with Crippen LogP contribution in [0.15, 0.2) is 60.9 Å². The van der Waals surface area contributed by atoms with Crippen LogP contribution >= 0.6 is 0 Å². The molecule has 2 atom stereocenters. The SMILES string of the molecule is Cn1ccnc1C(NC(=O)NCC1COc2ccccc2O1)c1ccccc1F. The molecule has 0 saturated heterocycles. The molecule has 3 aromatic rings. The van der Waals surface area contributed by atoms with Crippen molar-refractivity contribution in [1.82, 2.24) is 20.2 Å². The van der Waals surface area contributed by atoms with Gasteiger partial charge in [0.1, 0.15) is 24.3 Å². The summed E-state index contributed by atoms with van der Waals surface area (Å²) in [7, 11) is 1.79. The molecule has 8 heteroatoms. The first-order valence-electron chi connectivity index (χ1n) is 9.26. The monoisotopic (exact) mass is 396 g/mol. The summed E-state index contributed by atoms with van der Waals surface area (Å²) in [5.74, 6) is 1.43. The van der Waals surface area contributed by atoms with Crippen LogP contribution in [0.2, 0.25) is 0 Å². The first-order chi connectivity index (χ1) is 14.1. The summed E-state index contributed by atoms with van der Waals surface area (Å²) in [4.78, 5) is 16.8. The number of nitrogens with one attached hydrogen (secondary N) is 2. The number of hydrogen-bond donors (Lipinski definition) is 2. The lowest BCUT2D eigenvalue weighted by Gasteiger charge is -2.27. The van der Waals surface area contributed by atoms with Crippen LogP contribution in [0.1, 0.15) is 17.4 Å². The van der Waals surface area contributed by atoms with Crippen LogP contribution in [0, 0.1) is 5.82 Å². The van der Waals surface area contributed by atoms with Crippen molar-refractivity contribution in [3.8, 4) is 11.5 Å². The van der Waals surface area contributed by atoms with Crippen LogP contribution < -0.4 is 20.1 Å². The maximum atomic E-state index is 14.4. The van der Waals surface area contributed by atoms with Gasteiger partial charge in [0.05, 0.1) is 6.54 Å². The second kappa shape index (κ2) is 8.22. The molecule has 1 aromatic heterocycles. The number of fused-ring (bicyclic) bond motifs is 1. The highest BCUT2D eigenvalue weighted by atomic mass is 19.1. The molecular formula is C21H21FN4O3. The van der Waals surface area contributed by atoms with Gasteiger partial charge in [0, 0.05) is 25.0 Å². The molecular weight excluding hydrogens is 375 g/mol. The number of carbonyl (C=O) groups is 1. The summed E-state index contributed by atoms with van der Waals surface area (Å²) in [6.45, 7) is 0.568. The molecule has 0 radical (unpaired) electrons. The second-order valence-corrected chi connectivity index (χ2v) is 6.70. The summed E-state index contributed by atoms with van der Waals surface area (Å²) >= 11 is 0. The van der Waals surface area contributed by atoms with Crippen molar-refractivity contribution < 1.29 is 18.7 Å². The zero-order valence-electron chi connectivity index (χ0n) is 15.8. The standard InChI is InChI=1S/C21H21FN4O3/c1-26-11-10-23-20(26)19(15-6-2-3-7-16(15)22)25-21(27)24-12-14-13-28-17-8-4-5-9-18(17)29-14/h2-11,14,19H,12-13H2,1H3,(H2,24,25,27). The Kier molecular flexibility index (Phi) is 5.33. The molecule has 2 aromatic carbocycles. The van der Waals surface area contributed by atoms with Crippen LogP contribution in [0.3, 0.4) is 0 Å². The number of aryl methyl sites for hydroxylation is 1. The largest absolute Gasteiger partial charge is 0.486 e. The Morgan fingerprint density at radius 3 is 2.76 bits per heavy atom. The number of para-hydroxylation sites is 2. The molecule has 2 amide bonds. The van der Waals surface area contributed by atoms with E-state index < -0.39 is 17.9 Å². The number of amides is 2. The topological polar surface area (TPSA) is 77.4 Å². The average molecular weight is 396 g/mol. The van der Waals surface area contributed by atoms with E-state index in [1.165, 1.54) is 6.07 Å². The molecule has 2 heterocycles. The van der Waals surface area contributed by atoms with Crippen molar-refractivity contribution >= 4 is 6.03 Å². The summed E-state index contributed by atoms with van der Waals surface area (Å²) in [5.41, 5.74) is 0.336. The predicted molar refractivity (Wildman–Crippen MR) is 104 cm³/mol. The fraction of sp³-hybridized carbons (Fsp3) is 0.238. The van der Waals surface area contributed by atoms with Gasteiger partial charge in [-0.1, -0.05) is 30.3 Å².